The van der Waals surface area contributed by atoms with Gasteiger partial charge in [-0.2, -0.15) is 0 Å². The molecule has 0 aliphatic heterocycles. The molecule has 1 aromatic rings. The van der Waals surface area contributed by atoms with Gasteiger partial charge >= 0.3 is 0 Å². The molecular formula is C15H23N3O2. The highest BCUT2D eigenvalue weighted by Crippen LogP contribution is 2.14. The van der Waals surface area contributed by atoms with Gasteiger partial charge in [-0.05, 0) is 30.7 Å². The fourth-order valence-electron chi connectivity index (χ4n) is 1.68. The Morgan fingerprint density at radius 3 is 2.15 bits per heavy atom. The standard InChI is InChI=1S/C15H23N3O2/c1-3-5-6-13(16)15(20)18-12-9-7-11(8-10-12)17-14(19)4-2/h7-10,13H,3-6,16H2,1-2H3,(H,17,19)(H,18,20)/t13-/m0/s1. The molecule has 0 radical (unpaired) electrons. The summed E-state index contributed by atoms with van der Waals surface area (Å²) >= 11 is 0. The first-order valence-electron chi connectivity index (χ1n) is 7.03. The van der Waals surface area contributed by atoms with Gasteiger partial charge in [0.15, 0.2) is 0 Å². The predicted molar refractivity (Wildman–Crippen MR) is 81.5 cm³/mol. The Kier molecular flexibility index (Phi) is 6.73. The highest BCUT2D eigenvalue weighted by Gasteiger charge is 2.12. The minimum atomic E-state index is -0.477. The van der Waals surface area contributed by atoms with Gasteiger partial charge in [-0.1, -0.05) is 26.7 Å². The number of unbranched alkanes of at least 4 members (excludes halogenated alkanes) is 1. The summed E-state index contributed by atoms with van der Waals surface area (Å²) in [6.07, 6.45) is 3.08. The van der Waals surface area contributed by atoms with Gasteiger partial charge in [0.05, 0.1) is 6.04 Å². The first-order chi connectivity index (χ1) is 9.56. The number of carbonyl (C=O) groups excluding carboxylic acids is 2. The molecule has 2 amide bonds. The van der Waals surface area contributed by atoms with Crippen LogP contribution in [0.5, 0.6) is 0 Å². The Morgan fingerprint density at radius 2 is 1.65 bits per heavy atom. The molecule has 20 heavy (non-hydrogen) atoms. The zero-order valence-electron chi connectivity index (χ0n) is 12.1. The predicted octanol–water partition coefficient (Wildman–Crippen LogP) is 2.49. The number of rotatable bonds is 7. The molecule has 4 N–H and O–H groups in total. The molecule has 0 saturated heterocycles. The first kappa shape index (κ1) is 16.2. The number of nitrogens with one attached hydrogen (secondary N) is 2. The van der Waals surface area contributed by atoms with Gasteiger partial charge in [-0.25, -0.2) is 0 Å². The Bertz CT molecular complexity index is 443. The van der Waals surface area contributed by atoms with E-state index < -0.39 is 6.04 Å². The summed E-state index contributed by atoms with van der Waals surface area (Å²) in [5.74, 6) is -0.216. The van der Waals surface area contributed by atoms with Crippen molar-refractivity contribution in [2.75, 3.05) is 10.6 Å². The van der Waals surface area contributed by atoms with Crippen LogP contribution in [0.3, 0.4) is 0 Å². The van der Waals surface area contributed by atoms with Crippen molar-refractivity contribution in [2.45, 2.75) is 45.6 Å². The molecule has 0 aliphatic carbocycles. The molecule has 0 saturated carbocycles. The summed E-state index contributed by atoms with van der Waals surface area (Å²) in [4.78, 5) is 23.1. The molecule has 1 aromatic carbocycles. The minimum Gasteiger partial charge on any atom is -0.326 e. The highest BCUT2D eigenvalue weighted by atomic mass is 16.2. The maximum atomic E-state index is 11.8. The first-order valence-corrected chi connectivity index (χ1v) is 7.03. The number of hydrogen-bond donors (Lipinski definition) is 3. The fourth-order valence-corrected chi connectivity index (χ4v) is 1.68. The molecule has 0 fully saturated rings. The number of anilines is 2. The molecule has 5 heteroatoms. The van der Waals surface area contributed by atoms with Crippen molar-refractivity contribution in [3.05, 3.63) is 24.3 Å². The molecule has 5 nitrogen and oxygen atoms in total. The monoisotopic (exact) mass is 277 g/mol. The summed E-state index contributed by atoms with van der Waals surface area (Å²) in [6.45, 7) is 3.86. The summed E-state index contributed by atoms with van der Waals surface area (Å²) in [7, 11) is 0. The van der Waals surface area contributed by atoms with Crippen LogP contribution in [0.1, 0.15) is 39.5 Å². The van der Waals surface area contributed by atoms with Crippen LogP contribution in [0.4, 0.5) is 11.4 Å². The molecule has 0 unspecified atom stereocenters. The van der Waals surface area contributed by atoms with Crippen LogP contribution in [0.2, 0.25) is 0 Å². The van der Waals surface area contributed by atoms with E-state index in [0.717, 1.165) is 12.8 Å². The normalized spacial score (nSPS) is 11.8. The van der Waals surface area contributed by atoms with Gasteiger partial charge in [0, 0.05) is 17.8 Å². The number of hydrogen-bond acceptors (Lipinski definition) is 3. The lowest BCUT2D eigenvalue weighted by Gasteiger charge is -2.12. The third-order valence-corrected chi connectivity index (χ3v) is 2.96. The van der Waals surface area contributed by atoms with Crippen molar-refractivity contribution >= 4 is 23.2 Å². The second-order valence-electron chi connectivity index (χ2n) is 4.72. The van der Waals surface area contributed by atoms with Crippen molar-refractivity contribution in [1.29, 1.82) is 0 Å². The second-order valence-corrected chi connectivity index (χ2v) is 4.72. The van der Waals surface area contributed by atoms with Gasteiger partial charge in [-0.15, -0.1) is 0 Å². The Balaban J connectivity index is 2.52. The van der Waals surface area contributed by atoms with E-state index in [-0.39, 0.29) is 11.8 Å². The highest BCUT2D eigenvalue weighted by molar-refractivity contribution is 5.95. The molecule has 0 heterocycles. The van der Waals surface area contributed by atoms with Crippen LogP contribution in [0.25, 0.3) is 0 Å². The molecule has 0 aliphatic rings. The summed E-state index contributed by atoms with van der Waals surface area (Å²) < 4.78 is 0. The Morgan fingerprint density at radius 1 is 1.10 bits per heavy atom. The van der Waals surface area contributed by atoms with Gasteiger partial charge in [0.1, 0.15) is 0 Å². The number of nitrogens with two attached hydrogens (primary N) is 1. The Hall–Kier alpha value is -1.88. The zero-order valence-corrected chi connectivity index (χ0v) is 12.1. The van der Waals surface area contributed by atoms with Crippen LogP contribution >= 0.6 is 0 Å². The minimum absolute atomic E-state index is 0.0385. The van der Waals surface area contributed by atoms with Gasteiger partial charge < -0.3 is 16.4 Å². The largest absolute Gasteiger partial charge is 0.326 e. The van der Waals surface area contributed by atoms with Crippen LogP contribution in [0.15, 0.2) is 24.3 Å². The van der Waals surface area contributed by atoms with Crippen LogP contribution in [0, 0.1) is 0 Å². The van der Waals surface area contributed by atoms with E-state index in [1.165, 1.54) is 0 Å². The lowest BCUT2D eigenvalue weighted by molar-refractivity contribution is -0.117. The van der Waals surface area contributed by atoms with Crippen LogP contribution in [-0.2, 0) is 9.59 Å². The summed E-state index contributed by atoms with van der Waals surface area (Å²) in [5, 5.41) is 5.51. The van der Waals surface area contributed by atoms with E-state index in [1.807, 2.05) is 0 Å². The second kappa shape index (κ2) is 8.32. The lowest BCUT2D eigenvalue weighted by atomic mass is 10.1. The van der Waals surface area contributed by atoms with Crippen molar-refractivity contribution in [1.82, 2.24) is 0 Å². The van der Waals surface area contributed by atoms with E-state index in [1.54, 1.807) is 31.2 Å². The van der Waals surface area contributed by atoms with E-state index in [9.17, 15) is 9.59 Å². The average Bonchev–Trinajstić information content (AvgIpc) is 2.46. The van der Waals surface area contributed by atoms with Gasteiger partial charge in [0.25, 0.3) is 0 Å². The third kappa shape index (κ3) is 5.40. The topological polar surface area (TPSA) is 84.2 Å². The molecule has 1 rings (SSSR count). The van der Waals surface area contributed by atoms with Gasteiger partial charge in [-0.3, -0.25) is 9.59 Å². The van der Waals surface area contributed by atoms with E-state index in [2.05, 4.69) is 17.6 Å². The number of carbonyl (C=O) groups is 2. The van der Waals surface area contributed by atoms with Crippen LogP contribution in [-0.4, -0.2) is 17.9 Å². The fraction of sp³-hybridized carbons (Fsp3) is 0.467. The number of benzene rings is 1. The summed E-state index contributed by atoms with van der Waals surface area (Å²) in [6, 6.07) is 6.52. The number of amides is 2. The molecule has 1 atom stereocenters. The zero-order chi connectivity index (χ0) is 15.0. The van der Waals surface area contributed by atoms with E-state index in [0.29, 0.717) is 24.2 Å². The van der Waals surface area contributed by atoms with Crippen molar-refractivity contribution in [3.8, 4) is 0 Å². The van der Waals surface area contributed by atoms with Crippen molar-refractivity contribution < 1.29 is 9.59 Å². The third-order valence-electron chi connectivity index (χ3n) is 2.96. The molecular weight excluding hydrogens is 254 g/mol. The Labute approximate surface area is 119 Å². The maximum absolute atomic E-state index is 11.8. The smallest absolute Gasteiger partial charge is 0.241 e. The maximum Gasteiger partial charge on any atom is 0.241 e. The molecule has 0 aromatic heterocycles. The van der Waals surface area contributed by atoms with Crippen molar-refractivity contribution in [2.24, 2.45) is 5.73 Å². The average molecular weight is 277 g/mol. The lowest BCUT2D eigenvalue weighted by Crippen LogP contribution is -2.35. The van der Waals surface area contributed by atoms with Crippen LogP contribution < -0.4 is 16.4 Å². The summed E-state index contributed by atoms with van der Waals surface area (Å²) in [5.41, 5.74) is 7.19. The van der Waals surface area contributed by atoms with E-state index >= 15 is 0 Å². The van der Waals surface area contributed by atoms with Crippen molar-refractivity contribution in [3.63, 3.8) is 0 Å². The quantitative estimate of drug-likeness (QED) is 0.716. The molecule has 110 valence electrons. The SMILES string of the molecule is CCCC[C@H](N)C(=O)Nc1ccc(NC(=O)CC)cc1. The van der Waals surface area contributed by atoms with E-state index in [4.69, 9.17) is 5.73 Å². The van der Waals surface area contributed by atoms with Gasteiger partial charge in [0.2, 0.25) is 11.8 Å². The molecule has 0 bridgehead atoms. The molecule has 0 spiro atoms.